The first-order chi connectivity index (χ1) is 6.27. The second-order valence-corrected chi connectivity index (χ2v) is 2.63. The topological polar surface area (TPSA) is 62.6 Å². The molecule has 1 fully saturated rings. The van der Waals surface area contributed by atoms with Crippen LogP contribution < -0.4 is 0 Å². The number of rotatable bonds is 1. The van der Waals surface area contributed by atoms with Crippen LogP contribution in [0.15, 0.2) is 0 Å². The summed E-state index contributed by atoms with van der Waals surface area (Å²) < 4.78 is 9.87. The van der Waals surface area contributed by atoms with Crippen molar-refractivity contribution < 1.29 is 14.3 Å². The molecule has 1 rings (SSSR count). The van der Waals surface area contributed by atoms with E-state index in [9.17, 15) is 4.79 Å². The summed E-state index contributed by atoms with van der Waals surface area (Å²) in [4.78, 5) is 12.7. The number of carbonyl (C=O) groups excluding carboxylic acids is 1. The number of amides is 1. The van der Waals surface area contributed by atoms with Crippen LogP contribution in [0.5, 0.6) is 0 Å². The molecule has 0 aliphatic carbocycles. The predicted octanol–water partition coefficient (Wildman–Crippen LogP) is 0.367. The number of nitrogens with zero attached hydrogens (tertiary/aromatic N) is 2. The Labute approximate surface area is 76.8 Å². The summed E-state index contributed by atoms with van der Waals surface area (Å²) in [5.74, 6) is 0. The molecule has 0 aromatic heterocycles. The highest BCUT2D eigenvalue weighted by Crippen LogP contribution is 2.05. The fourth-order valence-corrected chi connectivity index (χ4v) is 1.11. The van der Waals surface area contributed by atoms with Gasteiger partial charge in [-0.2, -0.15) is 5.26 Å². The summed E-state index contributed by atoms with van der Waals surface area (Å²) >= 11 is 0. The van der Waals surface area contributed by atoms with Crippen LogP contribution in [0.3, 0.4) is 0 Å². The van der Waals surface area contributed by atoms with Crippen molar-refractivity contribution in [1.82, 2.24) is 4.90 Å². The van der Waals surface area contributed by atoms with Gasteiger partial charge in [-0.1, -0.05) is 0 Å². The van der Waals surface area contributed by atoms with Crippen molar-refractivity contribution in [2.75, 3.05) is 26.3 Å². The van der Waals surface area contributed by atoms with E-state index in [1.807, 2.05) is 6.07 Å². The van der Waals surface area contributed by atoms with Gasteiger partial charge in [0.2, 0.25) is 0 Å². The van der Waals surface area contributed by atoms with Gasteiger partial charge in [-0.3, -0.25) is 0 Å². The van der Waals surface area contributed by atoms with Gasteiger partial charge in [0, 0.05) is 6.54 Å². The molecule has 0 aromatic carbocycles. The third-order valence-electron chi connectivity index (χ3n) is 1.74. The van der Waals surface area contributed by atoms with Crippen LogP contribution in [-0.4, -0.2) is 43.4 Å². The zero-order chi connectivity index (χ0) is 9.68. The molecule has 0 saturated carbocycles. The zero-order valence-electron chi connectivity index (χ0n) is 7.52. The van der Waals surface area contributed by atoms with Gasteiger partial charge < -0.3 is 14.4 Å². The lowest BCUT2D eigenvalue weighted by Crippen LogP contribution is -2.45. The van der Waals surface area contributed by atoms with Gasteiger partial charge in [-0.25, -0.2) is 4.79 Å². The van der Waals surface area contributed by atoms with E-state index < -0.39 is 6.10 Å². The molecule has 1 amide bonds. The molecular formula is C8H12N2O3. The van der Waals surface area contributed by atoms with Crippen molar-refractivity contribution in [2.45, 2.75) is 13.0 Å². The lowest BCUT2D eigenvalue weighted by Gasteiger charge is -2.28. The molecule has 1 aliphatic rings. The van der Waals surface area contributed by atoms with Gasteiger partial charge in [-0.15, -0.1) is 0 Å². The fraction of sp³-hybridized carbons (Fsp3) is 0.750. The Hall–Kier alpha value is -1.28. The molecule has 0 spiro atoms. The smallest absolute Gasteiger partial charge is 0.409 e. The molecule has 72 valence electrons. The summed E-state index contributed by atoms with van der Waals surface area (Å²) in [6, 6.07) is 1.96. The largest absolute Gasteiger partial charge is 0.450 e. The van der Waals surface area contributed by atoms with Crippen molar-refractivity contribution in [3.63, 3.8) is 0 Å². The number of hydrogen-bond acceptors (Lipinski definition) is 4. The third kappa shape index (κ3) is 2.60. The number of carbonyl (C=O) groups is 1. The SMILES string of the molecule is CCOC(=O)N1CCOC(C#N)C1. The highest BCUT2D eigenvalue weighted by atomic mass is 16.6. The fourth-order valence-electron chi connectivity index (χ4n) is 1.11. The maximum Gasteiger partial charge on any atom is 0.409 e. The van der Waals surface area contributed by atoms with E-state index in [1.54, 1.807) is 6.92 Å². The summed E-state index contributed by atoms with van der Waals surface area (Å²) in [5.41, 5.74) is 0. The van der Waals surface area contributed by atoms with Crippen LogP contribution in [-0.2, 0) is 9.47 Å². The third-order valence-corrected chi connectivity index (χ3v) is 1.74. The number of nitriles is 1. The maximum absolute atomic E-state index is 11.2. The lowest BCUT2D eigenvalue weighted by atomic mass is 10.3. The second-order valence-electron chi connectivity index (χ2n) is 2.63. The molecule has 1 unspecified atom stereocenters. The Balaban J connectivity index is 2.42. The first-order valence-electron chi connectivity index (χ1n) is 4.21. The minimum Gasteiger partial charge on any atom is -0.450 e. The Bertz CT molecular complexity index is 224. The molecule has 1 atom stereocenters. The van der Waals surface area contributed by atoms with E-state index in [0.717, 1.165) is 0 Å². The summed E-state index contributed by atoms with van der Waals surface area (Å²) in [7, 11) is 0. The molecule has 0 N–H and O–H groups in total. The molecule has 0 radical (unpaired) electrons. The van der Waals surface area contributed by atoms with Crippen LogP contribution in [0.2, 0.25) is 0 Å². The Morgan fingerprint density at radius 2 is 2.62 bits per heavy atom. The highest BCUT2D eigenvalue weighted by molar-refractivity contribution is 5.67. The monoisotopic (exact) mass is 184 g/mol. The van der Waals surface area contributed by atoms with E-state index in [0.29, 0.717) is 26.3 Å². The van der Waals surface area contributed by atoms with E-state index >= 15 is 0 Å². The average Bonchev–Trinajstić information content (AvgIpc) is 2.18. The maximum atomic E-state index is 11.2. The van der Waals surface area contributed by atoms with Crippen LogP contribution in [0.1, 0.15) is 6.92 Å². The Morgan fingerprint density at radius 1 is 1.85 bits per heavy atom. The summed E-state index contributed by atoms with van der Waals surface area (Å²) in [5, 5.41) is 8.57. The van der Waals surface area contributed by atoms with Crippen molar-refractivity contribution in [2.24, 2.45) is 0 Å². The minimum absolute atomic E-state index is 0.301. The number of morpholine rings is 1. The minimum atomic E-state index is -0.516. The van der Waals surface area contributed by atoms with Crippen LogP contribution >= 0.6 is 0 Å². The van der Waals surface area contributed by atoms with Crippen molar-refractivity contribution >= 4 is 6.09 Å². The highest BCUT2D eigenvalue weighted by Gasteiger charge is 2.24. The first-order valence-corrected chi connectivity index (χ1v) is 4.21. The summed E-state index contributed by atoms with van der Waals surface area (Å²) in [6.45, 7) is 3.30. The molecule has 0 bridgehead atoms. The number of hydrogen-bond donors (Lipinski definition) is 0. The summed E-state index contributed by atoms with van der Waals surface area (Å²) in [6.07, 6.45) is -0.885. The molecule has 1 aliphatic heterocycles. The molecule has 5 nitrogen and oxygen atoms in total. The van der Waals surface area contributed by atoms with Crippen LogP contribution in [0.25, 0.3) is 0 Å². The van der Waals surface area contributed by atoms with Crippen LogP contribution in [0.4, 0.5) is 4.79 Å². The Kier molecular flexibility index (Phi) is 3.53. The predicted molar refractivity (Wildman–Crippen MR) is 43.9 cm³/mol. The number of ether oxygens (including phenoxy) is 2. The van der Waals surface area contributed by atoms with Crippen molar-refractivity contribution in [3.8, 4) is 6.07 Å². The quantitative estimate of drug-likeness (QED) is 0.590. The van der Waals surface area contributed by atoms with Gasteiger partial charge in [0.05, 0.1) is 25.8 Å². The van der Waals surface area contributed by atoms with Gasteiger partial charge in [0.15, 0.2) is 6.10 Å². The van der Waals surface area contributed by atoms with E-state index in [2.05, 4.69) is 0 Å². The molecule has 13 heavy (non-hydrogen) atoms. The molecule has 1 heterocycles. The molecule has 1 saturated heterocycles. The first kappa shape index (κ1) is 9.81. The Morgan fingerprint density at radius 3 is 3.23 bits per heavy atom. The van der Waals surface area contributed by atoms with E-state index in [1.165, 1.54) is 4.90 Å². The second kappa shape index (κ2) is 4.67. The molecular weight excluding hydrogens is 172 g/mol. The van der Waals surface area contributed by atoms with Crippen molar-refractivity contribution in [3.05, 3.63) is 0 Å². The van der Waals surface area contributed by atoms with Gasteiger partial charge >= 0.3 is 6.09 Å². The average molecular weight is 184 g/mol. The van der Waals surface area contributed by atoms with Gasteiger partial charge in [0.1, 0.15) is 0 Å². The van der Waals surface area contributed by atoms with Gasteiger partial charge in [-0.05, 0) is 6.92 Å². The molecule has 5 heteroatoms. The lowest BCUT2D eigenvalue weighted by molar-refractivity contribution is -0.00114. The van der Waals surface area contributed by atoms with E-state index in [-0.39, 0.29) is 6.09 Å². The zero-order valence-corrected chi connectivity index (χ0v) is 7.52. The van der Waals surface area contributed by atoms with Crippen molar-refractivity contribution in [1.29, 1.82) is 5.26 Å². The van der Waals surface area contributed by atoms with Gasteiger partial charge in [0.25, 0.3) is 0 Å². The normalized spacial score (nSPS) is 22.2. The van der Waals surface area contributed by atoms with E-state index in [4.69, 9.17) is 14.7 Å². The standard InChI is InChI=1S/C8H12N2O3/c1-2-12-8(11)10-3-4-13-7(5-9)6-10/h7H,2-4,6H2,1H3. The molecule has 0 aromatic rings. The van der Waals surface area contributed by atoms with Crippen LogP contribution in [0, 0.1) is 11.3 Å².